The number of halogens is 1. The molecule has 3 aliphatic carbocycles. The summed E-state index contributed by atoms with van der Waals surface area (Å²) in [7, 11) is 4.54. The van der Waals surface area contributed by atoms with Crippen LogP contribution in [-0.4, -0.2) is 55.3 Å². The van der Waals surface area contributed by atoms with Gasteiger partial charge >= 0.3 is 6.03 Å². The van der Waals surface area contributed by atoms with Gasteiger partial charge < -0.3 is 20.1 Å². The fraction of sp³-hybridized carbons (Fsp3) is 0.548. The molecule has 1 aliphatic heterocycles. The lowest BCUT2D eigenvalue weighted by atomic mass is 9.90. The number of carbonyl (C=O) groups is 2. The van der Waals surface area contributed by atoms with Gasteiger partial charge in [-0.3, -0.25) is 14.6 Å². The zero-order chi connectivity index (χ0) is 29.8. The van der Waals surface area contributed by atoms with Crippen molar-refractivity contribution in [3.8, 4) is 11.5 Å². The van der Waals surface area contributed by atoms with Gasteiger partial charge in [0.1, 0.15) is 11.6 Å². The van der Waals surface area contributed by atoms with E-state index in [1.54, 1.807) is 13.2 Å². The molecule has 226 valence electrons. The summed E-state index contributed by atoms with van der Waals surface area (Å²) in [6, 6.07) is 1.00. The number of anilines is 3. The molecule has 2 heterocycles. The van der Waals surface area contributed by atoms with Gasteiger partial charge in [-0.05, 0) is 37.7 Å². The van der Waals surface area contributed by atoms with Gasteiger partial charge in [0.15, 0.2) is 11.6 Å². The maximum atomic E-state index is 15.7. The molecule has 2 aromatic rings. The average Bonchev–Trinajstić information content (AvgIpc) is 3.80. The molecule has 1 aromatic carbocycles. The van der Waals surface area contributed by atoms with Crippen molar-refractivity contribution in [3.05, 3.63) is 41.9 Å². The minimum atomic E-state index is -0.593. The van der Waals surface area contributed by atoms with E-state index in [4.69, 9.17) is 9.47 Å². The Labute approximate surface area is 246 Å². The summed E-state index contributed by atoms with van der Waals surface area (Å²) in [6.07, 6.45) is 14.5. The van der Waals surface area contributed by atoms with Crippen molar-refractivity contribution in [1.82, 2.24) is 15.3 Å². The van der Waals surface area contributed by atoms with Gasteiger partial charge in [0, 0.05) is 42.5 Å². The first kappa shape index (κ1) is 29.6. The van der Waals surface area contributed by atoms with Crippen LogP contribution in [0.3, 0.4) is 0 Å². The maximum Gasteiger partial charge on any atom is 0.330 e. The minimum Gasteiger partial charge on any atom is -0.496 e. The van der Waals surface area contributed by atoms with Gasteiger partial charge in [-0.25, -0.2) is 14.2 Å². The average molecular weight is 581 g/mol. The van der Waals surface area contributed by atoms with Crippen LogP contribution in [-0.2, 0) is 11.3 Å². The number of methoxy groups -OCH3 is 2. The number of benzene rings is 1. The first-order chi connectivity index (χ1) is 20.4. The quantitative estimate of drug-likeness (QED) is 0.387. The number of urea groups is 1. The molecule has 1 aromatic heterocycles. The van der Waals surface area contributed by atoms with Crippen LogP contribution in [0.4, 0.5) is 26.6 Å². The molecule has 42 heavy (non-hydrogen) atoms. The molecule has 2 atom stereocenters. The maximum absolute atomic E-state index is 15.7. The molecular weight excluding hydrogens is 539 g/mol. The highest BCUT2D eigenvalue weighted by Gasteiger charge is 2.40. The van der Waals surface area contributed by atoms with Crippen molar-refractivity contribution in [2.45, 2.75) is 88.8 Å². The van der Waals surface area contributed by atoms with Gasteiger partial charge in [-0.2, -0.15) is 4.98 Å². The largest absolute Gasteiger partial charge is 0.496 e. The van der Waals surface area contributed by atoms with Crippen molar-refractivity contribution >= 4 is 29.4 Å². The van der Waals surface area contributed by atoms with Crippen molar-refractivity contribution in [2.75, 3.05) is 36.4 Å². The fourth-order valence-electron chi connectivity index (χ4n) is 5.65. The summed E-state index contributed by atoms with van der Waals surface area (Å²) in [5, 5.41) is 6.33. The lowest BCUT2D eigenvalue weighted by Gasteiger charge is -2.36. The fourth-order valence-corrected chi connectivity index (χ4v) is 5.65. The highest BCUT2D eigenvalue weighted by molar-refractivity contribution is 6.06. The molecule has 2 unspecified atom stereocenters. The molecule has 3 saturated carbocycles. The van der Waals surface area contributed by atoms with E-state index in [-0.39, 0.29) is 41.9 Å². The molecular formula is C31H41FN6O4. The van der Waals surface area contributed by atoms with Crippen LogP contribution in [0.5, 0.6) is 11.5 Å². The molecule has 6 rings (SSSR count). The Morgan fingerprint density at radius 3 is 2.31 bits per heavy atom. The van der Waals surface area contributed by atoms with E-state index in [0.717, 1.165) is 38.5 Å². The predicted molar refractivity (Wildman–Crippen MR) is 160 cm³/mol. The summed E-state index contributed by atoms with van der Waals surface area (Å²) in [5.74, 6) is 0.654. The number of amides is 3. The zero-order valence-corrected chi connectivity index (χ0v) is 24.7. The first-order valence-corrected chi connectivity index (χ1v) is 14.9. The van der Waals surface area contributed by atoms with Gasteiger partial charge in [0.2, 0.25) is 11.9 Å². The zero-order valence-electron chi connectivity index (χ0n) is 24.7. The summed E-state index contributed by atoms with van der Waals surface area (Å²) in [6.45, 7) is 3.64. The standard InChI is InChI=1S/C27H33FN6O4.C4H8/c1-5-21(35)30-17-8-6-7-9-18(17)31-26-29-13-16-14-34(27(36)33(2)25(16)32-26)24-22(15-10-11-15)19(37-3)12-20(38-4)23(24)28;1-2-4-3-1/h5,12-13,15,17-18H,1,6-11,14H2,2-4H3,(H,30,35)(H,29,31,32);1-4H2. The highest BCUT2D eigenvalue weighted by Crippen LogP contribution is 2.52. The monoisotopic (exact) mass is 580 g/mol. The minimum absolute atomic E-state index is 0.0175. The van der Waals surface area contributed by atoms with E-state index < -0.39 is 11.8 Å². The molecule has 4 aliphatic rings. The lowest BCUT2D eigenvalue weighted by Crippen LogP contribution is -2.49. The number of aromatic nitrogens is 2. The second kappa shape index (κ2) is 13.0. The number of hydrogen-bond donors (Lipinski definition) is 2. The number of fused-ring (bicyclic) bond motifs is 1. The molecule has 0 saturated heterocycles. The summed E-state index contributed by atoms with van der Waals surface area (Å²) >= 11 is 0. The molecule has 11 heteroatoms. The molecule has 10 nitrogen and oxygen atoms in total. The Morgan fingerprint density at radius 2 is 1.71 bits per heavy atom. The van der Waals surface area contributed by atoms with E-state index >= 15 is 4.39 Å². The Bertz CT molecular complexity index is 1320. The molecule has 0 spiro atoms. The molecule has 0 radical (unpaired) electrons. The molecule has 3 fully saturated rings. The van der Waals surface area contributed by atoms with Gasteiger partial charge in [-0.15, -0.1) is 0 Å². The molecule has 3 amide bonds. The van der Waals surface area contributed by atoms with E-state index in [9.17, 15) is 9.59 Å². The SMILES string of the molecule is C1CCC1.C=CC(=O)NC1CCCCC1Nc1ncc2c(n1)N(C)C(=O)N(c1c(F)c(OC)cc(OC)c1C1CC1)C2. The second-order valence-electron chi connectivity index (χ2n) is 11.4. The van der Waals surface area contributed by atoms with E-state index in [1.165, 1.54) is 61.8 Å². The van der Waals surface area contributed by atoms with Crippen molar-refractivity contribution in [2.24, 2.45) is 0 Å². The first-order valence-electron chi connectivity index (χ1n) is 14.9. The number of rotatable bonds is 8. The van der Waals surface area contributed by atoms with E-state index in [2.05, 4.69) is 27.2 Å². The van der Waals surface area contributed by atoms with Crippen LogP contribution in [0.25, 0.3) is 0 Å². The number of ether oxygens (including phenoxy) is 2. The molecule has 2 N–H and O–H groups in total. The Kier molecular flexibility index (Phi) is 9.13. The predicted octanol–water partition coefficient (Wildman–Crippen LogP) is 5.67. The third kappa shape index (κ3) is 6.15. The Balaban J connectivity index is 0.000000813. The van der Waals surface area contributed by atoms with Crippen LogP contribution < -0.4 is 29.9 Å². The van der Waals surface area contributed by atoms with Crippen LogP contribution in [0, 0.1) is 5.82 Å². The number of hydrogen-bond acceptors (Lipinski definition) is 7. The normalized spacial score (nSPS) is 21.3. The Morgan fingerprint density at radius 1 is 1.05 bits per heavy atom. The van der Waals surface area contributed by atoms with Gasteiger partial charge in [0.25, 0.3) is 0 Å². The second-order valence-corrected chi connectivity index (χ2v) is 11.4. The van der Waals surface area contributed by atoms with Gasteiger partial charge in [0.05, 0.1) is 26.5 Å². The van der Waals surface area contributed by atoms with Crippen LogP contribution in [0.2, 0.25) is 0 Å². The number of nitrogens with one attached hydrogen (secondary N) is 2. The number of carbonyl (C=O) groups excluding carboxylic acids is 2. The van der Waals surface area contributed by atoms with E-state index in [1.807, 2.05) is 0 Å². The summed E-state index contributed by atoms with van der Waals surface area (Å²) < 4.78 is 26.5. The topological polar surface area (TPSA) is 109 Å². The lowest BCUT2D eigenvalue weighted by molar-refractivity contribution is -0.117. The molecule has 0 bridgehead atoms. The van der Waals surface area contributed by atoms with E-state index in [0.29, 0.717) is 28.6 Å². The summed E-state index contributed by atoms with van der Waals surface area (Å²) in [4.78, 5) is 37.5. The van der Waals surface area contributed by atoms with Crippen LogP contribution >= 0.6 is 0 Å². The third-order valence-electron chi connectivity index (χ3n) is 8.50. The van der Waals surface area contributed by atoms with Gasteiger partial charge in [-0.1, -0.05) is 45.1 Å². The van der Waals surface area contributed by atoms with Crippen molar-refractivity contribution < 1.29 is 23.5 Å². The number of nitrogens with zero attached hydrogens (tertiary/aromatic N) is 4. The van der Waals surface area contributed by atoms with Crippen molar-refractivity contribution in [1.29, 1.82) is 0 Å². The highest BCUT2D eigenvalue weighted by atomic mass is 19.1. The van der Waals surface area contributed by atoms with Crippen molar-refractivity contribution in [3.63, 3.8) is 0 Å². The Hall–Kier alpha value is -3.89. The smallest absolute Gasteiger partial charge is 0.330 e. The third-order valence-corrected chi connectivity index (χ3v) is 8.50. The summed E-state index contributed by atoms with van der Waals surface area (Å²) in [5.41, 5.74) is 1.54. The van der Waals surface area contributed by atoms with Crippen LogP contribution in [0.15, 0.2) is 24.9 Å². The van der Waals surface area contributed by atoms with Crippen LogP contribution in [0.1, 0.15) is 81.3 Å².